The molecule has 1 saturated heterocycles. The fourth-order valence-electron chi connectivity index (χ4n) is 3.95. The summed E-state index contributed by atoms with van der Waals surface area (Å²) in [7, 11) is 0. The molecule has 1 amide bonds. The van der Waals surface area contributed by atoms with Crippen molar-refractivity contribution in [1.82, 2.24) is 18.0 Å². The average Bonchev–Trinajstić information content (AvgIpc) is 3.48. The van der Waals surface area contributed by atoms with Gasteiger partial charge in [-0.1, -0.05) is 0 Å². The van der Waals surface area contributed by atoms with Gasteiger partial charge in [0.2, 0.25) is 5.95 Å². The number of halogens is 1. The number of benzene rings is 1. The van der Waals surface area contributed by atoms with Crippen LogP contribution in [0.1, 0.15) is 40.6 Å². The number of nitrogens with two attached hydrogens (primary N) is 1. The Morgan fingerprint density at radius 2 is 2.09 bits per heavy atom. The van der Waals surface area contributed by atoms with Crippen LogP contribution in [0.15, 0.2) is 18.2 Å². The van der Waals surface area contributed by atoms with Crippen molar-refractivity contribution in [2.75, 3.05) is 38.5 Å². The maximum absolute atomic E-state index is 12.7. The lowest BCUT2D eigenvalue weighted by Crippen LogP contribution is -2.25. The van der Waals surface area contributed by atoms with Crippen LogP contribution in [0.5, 0.6) is 5.75 Å². The summed E-state index contributed by atoms with van der Waals surface area (Å²) >= 11 is 3.31. The number of hydrogen-bond donors (Lipinski definition) is 1. The van der Waals surface area contributed by atoms with Gasteiger partial charge in [-0.05, 0) is 63.5 Å². The van der Waals surface area contributed by atoms with Gasteiger partial charge in [-0.2, -0.15) is 5.26 Å². The Morgan fingerprint density at radius 1 is 1.33 bits per heavy atom. The standard InChI is InChI=1S/C23H25IN6O2S/c1-3-30(24)22(31)19-12-17-20(27-23(26)28-21(17)33-19)16-11-18(15(13-25)10-14(16)2)32-9-8-29-6-4-5-7-29/h10-12H,3-9H2,1-2H3,(H2,26,27,28). The van der Waals surface area contributed by atoms with Crippen molar-refractivity contribution >= 4 is 56.3 Å². The molecule has 33 heavy (non-hydrogen) atoms. The third-order valence-corrected chi connectivity index (χ3v) is 7.82. The van der Waals surface area contributed by atoms with Gasteiger partial charge in [0.25, 0.3) is 5.91 Å². The van der Waals surface area contributed by atoms with E-state index in [0.29, 0.717) is 39.9 Å². The van der Waals surface area contributed by atoms with Gasteiger partial charge in [0, 0.05) is 24.0 Å². The van der Waals surface area contributed by atoms with Crippen LogP contribution in [-0.4, -0.2) is 56.7 Å². The first-order valence-electron chi connectivity index (χ1n) is 10.9. The van der Waals surface area contributed by atoms with Crippen molar-refractivity contribution in [2.45, 2.75) is 26.7 Å². The molecule has 8 nitrogen and oxygen atoms in total. The quantitative estimate of drug-likeness (QED) is 0.328. The molecule has 0 bridgehead atoms. The van der Waals surface area contributed by atoms with Gasteiger partial charge < -0.3 is 10.5 Å². The first kappa shape index (κ1) is 23.7. The number of fused-ring (bicyclic) bond motifs is 1. The molecule has 10 heteroatoms. The monoisotopic (exact) mass is 576 g/mol. The van der Waals surface area contributed by atoms with Crippen molar-refractivity contribution in [2.24, 2.45) is 0 Å². The Hall–Kier alpha value is -2.49. The topological polar surface area (TPSA) is 108 Å². The summed E-state index contributed by atoms with van der Waals surface area (Å²) in [5.74, 6) is 0.590. The zero-order valence-corrected chi connectivity index (χ0v) is 21.6. The number of hydrogen-bond acceptors (Lipinski definition) is 8. The largest absolute Gasteiger partial charge is 0.491 e. The lowest BCUT2D eigenvalue weighted by Gasteiger charge is -2.17. The molecule has 2 N–H and O–H groups in total. The summed E-state index contributed by atoms with van der Waals surface area (Å²) in [5, 5.41) is 10.4. The highest BCUT2D eigenvalue weighted by Crippen LogP contribution is 2.37. The Bertz CT molecular complexity index is 1230. The second-order valence-corrected chi connectivity index (χ2v) is 10.1. The summed E-state index contributed by atoms with van der Waals surface area (Å²) in [6.07, 6.45) is 2.45. The first-order valence-corrected chi connectivity index (χ1v) is 12.6. The molecule has 0 spiro atoms. The van der Waals surface area contributed by atoms with Gasteiger partial charge in [0.1, 0.15) is 23.3 Å². The molecule has 0 aliphatic carbocycles. The number of nitrogens with zero attached hydrogens (tertiary/aromatic N) is 5. The number of anilines is 1. The number of aromatic nitrogens is 2. The SMILES string of the molecule is CCN(I)C(=O)c1cc2c(-c3cc(OCCN4CCCC4)c(C#N)cc3C)nc(N)nc2s1. The molecule has 3 aromatic rings. The van der Waals surface area contributed by atoms with Crippen molar-refractivity contribution in [1.29, 1.82) is 5.26 Å². The minimum Gasteiger partial charge on any atom is -0.491 e. The van der Waals surface area contributed by atoms with Crippen LogP contribution in [0.25, 0.3) is 21.5 Å². The minimum absolute atomic E-state index is 0.0758. The Labute approximate surface area is 210 Å². The Kier molecular flexibility index (Phi) is 7.31. The molecule has 0 saturated carbocycles. The van der Waals surface area contributed by atoms with Crippen molar-refractivity contribution in [3.05, 3.63) is 34.2 Å². The van der Waals surface area contributed by atoms with Crippen LogP contribution in [0, 0.1) is 18.3 Å². The molecule has 0 radical (unpaired) electrons. The van der Waals surface area contributed by atoms with Crippen molar-refractivity contribution < 1.29 is 9.53 Å². The van der Waals surface area contributed by atoms with E-state index in [1.807, 2.05) is 54.9 Å². The van der Waals surface area contributed by atoms with E-state index in [-0.39, 0.29) is 11.9 Å². The minimum atomic E-state index is -0.0758. The smallest absolute Gasteiger partial charge is 0.272 e. The summed E-state index contributed by atoms with van der Waals surface area (Å²) in [6, 6.07) is 7.73. The number of aryl methyl sites for hydroxylation is 1. The highest BCUT2D eigenvalue weighted by molar-refractivity contribution is 14.1. The van der Waals surface area contributed by atoms with Crippen LogP contribution in [0.3, 0.4) is 0 Å². The summed E-state index contributed by atoms with van der Waals surface area (Å²) in [4.78, 5) is 25.2. The van der Waals surface area contributed by atoms with E-state index >= 15 is 0 Å². The predicted molar refractivity (Wildman–Crippen MR) is 139 cm³/mol. The molecule has 1 aromatic carbocycles. The summed E-state index contributed by atoms with van der Waals surface area (Å²) in [5.41, 5.74) is 8.83. The van der Waals surface area contributed by atoms with E-state index in [2.05, 4.69) is 20.9 Å². The molecule has 172 valence electrons. The number of carbonyl (C=O) groups is 1. The van der Waals surface area contributed by atoms with Gasteiger partial charge >= 0.3 is 0 Å². The molecule has 4 rings (SSSR count). The lowest BCUT2D eigenvalue weighted by atomic mass is 10.00. The number of ether oxygens (including phenoxy) is 1. The number of carbonyl (C=O) groups excluding carboxylic acids is 1. The van der Waals surface area contributed by atoms with E-state index in [0.717, 1.165) is 36.1 Å². The van der Waals surface area contributed by atoms with Crippen LogP contribution < -0.4 is 10.5 Å². The fourth-order valence-corrected chi connectivity index (χ4v) is 5.36. The maximum Gasteiger partial charge on any atom is 0.272 e. The molecule has 3 heterocycles. The molecule has 1 fully saturated rings. The number of amides is 1. The third kappa shape index (κ3) is 5.05. The van der Waals surface area contributed by atoms with Gasteiger partial charge in [0.05, 0.1) is 39.0 Å². The van der Waals surface area contributed by atoms with Crippen molar-refractivity contribution in [3.8, 4) is 23.1 Å². The second kappa shape index (κ2) is 10.2. The maximum atomic E-state index is 12.7. The zero-order chi connectivity index (χ0) is 23.5. The fraction of sp³-hybridized carbons (Fsp3) is 0.391. The van der Waals surface area contributed by atoms with Gasteiger partial charge in [-0.25, -0.2) is 9.97 Å². The zero-order valence-electron chi connectivity index (χ0n) is 18.6. The Balaban J connectivity index is 1.72. The average molecular weight is 576 g/mol. The number of likely N-dealkylation sites (tertiary alicyclic amines) is 1. The molecular formula is C23H25IN6O2S. The van der Waals surface area contributed by atoms with E-state index in [9.17, 15) is 10.1 Å². The van der Waals surface area contributed by atoms with Crippen LogP contribution in [0.2, 0.25) is 0 Å². The van der Waals surface area contributed by atoms with Crippen LogP contribution >= 0.6 is 34.2 Å². The van der Waals surface area contributed by atoms with Gasteiger partial charge in [0.15, 0.2) is 0 Å². The normalized spacial score (nSPS) is 13.9. The summed E-state index contributed by atoms with van der Waals surface area (Å²) < 4.78 is 7.66. The third-order valence-electron chi connectivity index (χ3n) is 5.68. The van der Waals surface area contributed by atoms with E-state index in [1.54, 1.807) is 3.11 Å². The van der Waals surface area contributed by atoms with Crippen LogP contribution in [0.4, 0.5) is 5.95 Å². The summed E-state index contributed by atoms with van der Waals surface area (Å²) in [6.45, 7) is 7.98. The number of thiophene rings is 1. The number of nitrogen functional groups attached to an aromatic ring is 1. The molecule has 1 aliphatic heterocycles. The van der Waals surface area contributed by atoms with Gasteiger partial charge in [-0.3, -0.25) is 12.8 Å². The molecule has 0 atom stereocenters. The van der Waals surface area contributed by atoms with Crippen molar-refractivity contribution in [3.63, 3.8) is 0 Å². The number of nitriles is 1. The molecular weight excluding hydrogens is 551 g/mol. The van der Waals surface area contributed by atoms with Crippen LogP contribution in [-0.2, 0) is 0 Å². The molecule has 0 unspecified atom stereocenters. The predicted octanol–water partition coefficient (Wildman–Crippen LogP) is 4.41. The highest BCUT2D eigenvalue weighted by Gasteiger charge is 2.21. The second-order valence-electron chi connectivity index (χ2n) is 7.92. The van der Waals surface area contributed by atoms with E-state index in [4.69, 9.17) is 10.5 Å². The Morgan fingerprint density at radius 3 is 2.79 bits per heavy atom. The van der Waals surface area contributed by atoms with Gasteiger partial charge in [-0.15, -0.1) is 11.3 Å². The molecule has 2 aromatic heterocycles. The first-order chi connectivity index (χ1) is 15.9. The molecule has 1 aliphatic rings. The van der Waals surface area contributed by atoms with E-state index in [1.165, 1.54) is 24.2 Å². The number of rotatable bonds is 7. The van der Waals surface area contributed by atoms with E-state index < -0.39 is 0 Å². The lowest BCUT2D eigenvalue weighted by molar-refractivity contribution is 0.0897. The highest BCUT2D eigenvalue weighted by atomic mass is 127.